The molecule has 0 aromatic heterocycles. The lowest BCUT2D eigenvalue weighted by molar-refractivity contribution is -0.137. The number of hydrogen-bond donors (Lipinski definition) is 2. The van der Waals surface area contributed by atoms with Crippen LogP contribution in [-0.4, -0.2) is 18.5 Å². The van der Waals surface area contributed by atoms with Gasteiger partial charge in [-0.3, -0.25) is 4.79 Å². The number of halogens is 4. The van der Waals surface area contributed by atoms with Gasteiger partial charge >= 0.3 is 6.18 Å². The number of alkyl halides is 3. The van der Waals surface area contributed by atoms with Crippen LogP contribution >= 0.6 is 15.9 Å². The van der Waals surface area contributed by atoms with Crippen LogP contribution in [0.3, 0.4) is 0 Å². The first-order chi connectivity index (χ1) is 9.70. The Morgan fingerprint density at radius 1 is 1.33 bits per heavy atom. The maximum Gasteiger partial charge on any atom is 0.416 e. The number of nitrogens with one attached hydrogen (secondary N) is 2. The summed E-state index contributed by atoms with van der Waals surface area (Å²) in [6.07, 6.45) is -3.55. The van der Waals surface area contributed by atoms with E-state index in [1.165, 1.54) is 6.07 Å². The number of amides is 1. The summed E-state index contributed by atoms with van der Waals surface area (Å²) < 4.78 is 38.3. The smallest absolute Gasteiger partial charge is 0.325 e. The van der Waals surface area contributed by atoms with Crippen molar-refractivity contribution in [2.24, 2.45) is 0 Å². The standard InChI is InChI=1S/C14H18BrF3N2O/c1-9(2)19-7-3-4-13(21)20-12-8-10(14(16,17)18)5-6-11(12)15/h5-6,8-9,19H,3-4,7H2,1-2H3,(H,20,21). The second kappa shape index (κ2) is 7.79. The zero-order valence-electron chi connectivity index (χ0n) is 11.9. The summed E-state index contributed by atoms with van der Waals surface area (Å²) in [6.45, 7) is 4.69. The third kappa shape index (κ3) is 6.48. The first-order valence-electron chi connectivity index (χ1n) is 6.60. The highest BCUT2D eigenvalue weighted by Crippen LogP contribution is 2.33. The van der Waals surface area contributed by atoms with Crippen LogP contribution in [0.1, 0.15) is 32.3 Å². The first-order valence-corrected chi connectivity index (χ1v) is 7.39. The van der Waals surface area contributed by atoms with Gasteiger partial charge in [-0.15, -0.1) is 0 Å². The zero-order valence-corrected chi connectivity index (χ0v) is 13.4. The topological polar surface area (TPSA) is 41.1 Å². The normalized spacial score (nSPS) is 11.8. The van der Waals surface area contributed by atoms with Crippen molar-refractivity contribution >= 4 is 27.5 Å². The number of anilines is 1. The molecule has 0 aliphatic heterocycles. The van der Waals surface area contributed by atoms with Gasteiger partial charge in [0.1, 0.15) is 0 Å². The summed E-state index contributed by atoms with van der Waals surface area (Å²) in [7, 11) is 0. The molecular formula is C14H18BrF3N2O. The van der Waals surface area contributed by atoms with Crippen molar-refractivity contribution in [1.29, 1.82) is 0 Å². The number of rotatable bonds is 6. The van der Waals surface area contributed by atoms with Crippen molar-refractivity contribution < 1.29 is 18.0 Å². The van der Waals surface area contributed by atoms with E-state index in [1.807, 2.05) is 13.8 Å². The minimum atomic E-state index is -4.43. The van der Waals surface area contributed by atoms with E-state index in [4.69, 9.17) is 0 Å². The Hall–Kier alpha value is -1.08. The highest BCUT2D eigenvalue weighted by Gasteiger charge is 2.31. The molecule has 0 radical (unpaired) electrons. The number of benzene rings is 1. The van der Waals surface area contributed by atoms with E-state index in [9.17, 15) is 18.0 Å². The van der Waals surface area contributed by atoms with E-state index < -0.39 is 11.7 Å². The fraction of sp³-hybridized carbons (Fsp3) is 0.500. The Bertz CT molecular complexity index is 490. The molecule has 0 bridgehead atoms. The molecule has 0 aliphatic rings. The van der Waals surface area contributed by atoms with E-state index in [2.05, 4.69) is 26.6 Å². The van der Waals surface area contributed by atoms with Crippen LogP contribution in [0.2, 0.25) is 0 Å². The summed E-state index contributed by atoms with van der Waals surface area (Å²) in [4.78, 5) is 11.7. The largest absolute Gasteiger partial charge is 0.416 e. The van der Waals surface area contributed by atoms with Crippen molar-refractivity contribution in [2.45, 2.75) is 38.9 Å². The van der Waals surface area contributed by atoms with Crippen LogP contribution in [0.5, 0.6) is 0 Å². The average molecular weight is 367 g/mol. The molecular weight excluding hydrogens is 349 g/mol. The number of carbonyl (C=O) groups excluding carboxylic acids is 1. The summed E-state index contributed by atoms with van der Waals surface area (Å²) in [6, 6.07) is 3.50. The molecule has 1 aromatic rings. The summed E-state index contributed by atoms with van der Waals surface area (Å²) in [5.74, 6) is -0.305. The minimum absolute atomic E-state index is 0.131. The molecule has 21 heavy (non-hydrogen) atoms. The molecule has 1 rings (SSSR count). The van der Waals surface area contributed by atoms with Gasteiger partial charge in [-0.2, -0.15) is 13.2 Å². The molecule has 0 aliphatic carbocycles. The molecule has 118 valence electrons. The highest BCUT2D eigenvalue weighted by molar-refractivity contribution is 9.10. The summed E-state index contributed by atoms with van der Waals surface area (Å²) >= 11 is 3.13. The minimum Gasteiger partial charge on any atom is -0.325 e. The van der Waals surface area contributed by atoms with Crippen LogP contribution in [0, 0.1) is 0 Å². The van der Waals surface area contributed by atoms with E-state index in [0.29, 0.717) is 23.5 Å². The number of carbonyl (C=O) groups is 1. The van der Waals surface area contributed by atoms with Gasteiger partial charge in [-0.25, -0.2) is 0 Å². The molecule has 0 saturated heterocycles. The van der Waals surface area contributed by atoms with Crippen LogP contribution in [0.15, 0.2) is 22.7 Å². The number of hydrogen-bond acceptors (Lipinski definition) is 2. The zero-order chi connectivity index (χ0) is 16.0. The third-order valence-corrected chi connectivity index (χ3v) is 3.39. The first kappa shape index (κ1) is 18.0. The van der Waals surface area contributed by atoms with Gasteiger partial charge in [-0.1, -0.05) is 13.8 Å². The van der Waals surface area contributed by atoms with Crippen LogP contribution in [-0.2, 0) is 11.0 Å². The van der Waals surface area contributed by atoms with E-state index in [1.54, 1.807) is 0 Å². The Balaban J connectivity index is 2.59. The fourth-order valence-electron chi connectivity index (χ4n) is 1.65. The molecule has 0 fully saturated rings. The van der Waals surface area contributed by atoms with Crippen LogP contribution < -0.4 is 10.6 Å². The van der Waals surface area contributed by atoms with Gasteiger partial charge < -0.3 is 10.6 Å². The lowest BCUT2D eigenvalue weighted by Crippen LogP contribution is -2.24. The predicted molar refractivity (Wildman–Crippen MR) is 80.1 cm³/mol. The Morgan fingerprint density at radius 3 is 2.57 bits per heavy atom. The predicted octanol–water partition coefficient (Wildman–Crippen LogP) is 4.18. The van der Waals surface area contributed by atoms with Gasteiger partial charge in [0.05, 0.1) is 11.3 Å². The van der Waals surface area contributed by atoms with Crippen molar-refractivity contribution in [1.82, 2.24) is 5.32 Å². The monoisotopic (exact) mass is 366 g/mol. The Labute approximate surface area is 130 Å². The second-order valence-corrected chi connectivity index (χ2v) is 5.81. The van der Waals surface area contributed by atoms with Gasteiger partial charge in [0.25, 0.3) is 0 Å². The molecule has 1 aromatic carbocycles. The van der Waals surface area contributed by atoms with Crippen molar-refractivity contribution in [3.05, 3.63) is 28.2 Å². The van der Waals surface area contributed by atoms with Crippen LogP contribution in [0.25, 0.3) is 0 Å². The molecule has 0 spiro atoms. The van der Waals surface area contributed by atoms with E-state index in [-0.39, 0.29) is 18.0 Å². The lowest BCUT2D eigenvalue weighted by Gasteiger charge is -2.12. The van der Waals surface area contributed by atoms with Crippen molar-refractivity contribution in [3.63, 3.8) is 0 Å². The molecule has 3 nitrogen and oxygen atoms in total. The Morgan fingerprint density at radius 2 is 2.00 bits per heavy atom. The second-order valence-electron chi connectivity index (χ2n) is 4.95. The lowest BCUT2D eigenvalue weighted by atomic mass is 10.2. The highest BCUT2D eigenvalue weighted by atomic mass is 79.9. The molecule has 0 heterocycles. The molecule has 1 amide bonds. The van der Waals surface area contributed by atoms with Gasteiger partial charge in [-0.05, 0) is 47.1 Å². The molecule has 2 N–H and O–H groups in total. The van der Waals surface area contributed by atoms with E-state index in [0.717, 1.165) is 12.1 Å². The molecule has 7 heteroatoms. The van der Waals surface area contributed by atoms with Crippen molar-refractivity contribution in [3.8, 4) is 0 Å². The maximum absolute atomic E-state index is 12.6. The quantitative estimate of drug-likeness (QED) is 0.741. The maximum atomic E-state index is 12.6. The van der Waals surface area contributed by atoms with Gasteiger partial charge in [0, 0.05) is 16.9 Å². The molecule has 0 saturated carbocycles. The van der Waals surface area contributed by atoms with Gasteiger partial charge in [0.2, 0.25) is 5.91 Å². The van der Waals surface area contributed by atoms with Gasteiger partial charge in [0.15, 0.2) is 0 Å². The van der Waals surface area contributed by atoms with E-state index >= 15 is 0 Å². The summed E-state index contributed by atoms with van der Waals surface area (Å²) in [5, 5.41) is 5.66. The Kier molecular flexibility index (Phi) is 6.67. The summed E-state index contributed by atoms with van der Waals surface area (Å²) in [5.41, 5.74) is -0.658. The molecule has 0 atom stereocenters. The third-order valence-electron chi connectivity index (χ3n) is 2.70. The molecule has 0 unspecified atom stereocenters. The van der Waals surface area contributed by atoms with Crippen molar-refractivity contribution in [2.75, 3.05) is 11.9 Å². The fourth-order valence-corrected chi connectivity index (χ4v) is 2.00. The van der Waals surface area contributed by atoms with Crippen LogP contribution in [0.4, 0.5) is 18.9 Å². The SMILES string of the molecule is CC(C)NCCCC(=O)Nc1cc(C(F)(F)F)ccc1Br. The average Bonchev–Trinajstić information content (AvgIpc) is 2.36.